The van der Waals surface area contributed by atoms with Gasteiger partial charge in [-0.25, -0.2) is 8.42 Å². The van der Waals surface area contributed by atoms with Crippen LogP contribution in [0.25, 0.3) is 0 Å². The monoisotopic (exact) mass is 376 g/mol. The van der Waals surface area contributed by atoms with Gasteiger partial charge in [0.1, 0.15) is 5.02 Å². The number of sulfone groups is 1. The molecule has 0 aliphatic heterocycles. The molecule has 0 unspecified atom stereocenters. The molecule has 0 saturated carbocycles. The van der Waals surface area contributed by atoms with Gasteiger partial charge in [-0.15, -0.1) is 0 Å². The van der Waals surface area contributed by atoms with E-state index in [-0.39, 0.29) is 10.0 Å². The Morgan fingerprint density at radius 3 is 2.04 bits per heavy atom. The highest BCUT2D eigenvalue weighted by atomic mass is 35.5. The lowest BCUT2D eigenvalue weighted by molar-refractivity contribution is -0.385. The molecule has 0 aliphatic rings. The average Bonchev–Trinajstić information content (AvgIpc) is 2.47. The van der Waals surface area contributed by atoms with Gasteiger partial charge < -0.3 is 0 Å². The lowest BCUT2D eigenvalue weighted by atomic mass is 10.3. The van der Waals surface area contributed by atoms with Gasteiger partial charge in [0.05, 0.1) is 24.7 Å². The Morgan fingerprint density at radius 1 is 0.870 bits per heavy atom. The number of non-ortho nitro benzene ring substituents is 1. The van der Waals surface area contributed by atoms with Gasteiger partial charge in [-0.3, -0.25) is 20.2 Å². The Balaban J connectivity index is 2.68. The molecule has 0 aromatic heterocycles. The second kappa shape index (κ2) is 6.11. The van der Waals surface area contributed by atoms with Crippen LogP contribution in [-0.2, 0) is 9.84 Å². The van der Waals surface area contributed by atoms with Crippen molar-refractivity contribution in [3.63, 3.8) is 0 Å². The molecule has 120 valence electrons. The normalized spacial score (nSPS) is 11.2. The Bertz CT molecular complexity index is 929. The van der Waals surface area contributed by atoms with Gasteiger partial charge >= 0.3 is 0 Å². The quantitative estimate of drug-likeness (QED) is 0.592. The van der Waals surface area contributed by atoms with Crippen LogP contribution < -0.4 is 0 Å². The fourth-order valence-electron chi connectivity index (χ4n) is 1.74. The van der Waals surface area contributed by atoms with Gasteiger partial charge in [0.25, 0.3) is 11.4 Å². The second-order valence-electron chi connectivity index (χ2n) is 4.25. The molecule has 0 saturated heterocycles. The van der Waals surface area contributed by atoms with E-state index in [1.54, 1.807) is 0 Å². The van der Waals surface area contributed by atoms with Crippen LogP contribution in [0.5, 0.6) is 0 Å². The van der Waals surface area contributed by atoms with Crippen LogP contribution in [0.2, 0.25) is 10.0 Å². The van der Waals surface area contributed by atoms with Crippen molar-refractivity contribution < 1.29 is 18.3 Å². The van der Waals surface area contributed by atoms with Crippen molar-refractivity contribution in [1.82, 2.24) is 0 Å². The van der Waals surface area contributed by atoms with Crippen LogP contribution in [0.3, 0.4) is 0 Å². The van der Waals surface area contributed by atoms with Gasteiger partial charge in [-0.05, 0) is 18.2 Å². The number of benzene rings is 2. The minimum absolute atomic E-state index is 0.237. The predicted octanol–water partition coefficient (Wildman–Crippen LogP) is 3.64. The number of nitro benzene ring substituents is 2. The third-order valence-electron chi connectivity index (χ3n) is 2.84. The van der Waals surface area contributed by atoms with Crippen molar-refractivity contribution in [2.75, 3.05) is 0 Å². The maximum absolute atomic E-state index is 12.5. The lowest BCUT2D eigenvalue weighted by Crippen LogP contribution is -2.05. The van der Waals surface area contributed by atoms with E-state index >= 15 is 0 Å². The molecule has 8 nitrogen and oxygen atoms in total. The first-order valence-corrected chi connectivity index (χ1v) is 8.01. The average molecular weight is 377 g/mol. The molecule has 0 amide bonds. The summed E-state index contributed by atoms with van der Waals surface area (Å²) in [5, 5.41) is 21.2. The molecule has 0 bridgehead atoms. The molecule has 0 atom stereocenters. The molecular weight excluding hydrogens is 371 g/mol. The van der Waals surface area contributed by atoms with Crippen molar-refractivity contribution in [3.8, 4) is 0 Å². The van der Waals surface area contributed by atoms with Crippen molar-refractivity contribution in [1.29, 1.82) is 0 Å². The Kier molecular flexibility index (Phi) is 4.55. The highest BCUT2D eigenvalue weighted by Gasteiger charge is 2.26. The maximum Gasteiger partial charge on any atom is 0.289 e. The highest BCUT2D eigenvalue weighted by Crippen LogP contribution is 2.34. The van der Waals surface area contributed by atoms with E-state index in [1.165, 1.54) is 0 Å². The summed E-state index contributed by atoms with van der Waals surface area (Å²) in [4.78, 5) is 19.0. The first-order valence-electron chi connectivity index (χ1n) is 5.77. The molecule has 0 spiro atoms. The molecule has 0 N–H and O–H groups in total. The van der Waals surface area contributed by atoms with Gasteiger partial charge in [0.2, 0.25) is 9.84 Å². The summed E-state index contributed by atoms with van der Waals surface area (Å²) in [6, 6.07) is 5.78. The van der Waals surface area contributed by atoms with Gasteiger partial charge in [0.15, 0.2) is 0 Å². The van der Waals surface area contributed by atoms with Gasteiger partial charge in [0, 0.05) is 18.2 Å². The van der Waals surface area contributed by atoms with E-state index in [0.717, 1.165) is 36.4 Å². The molecule has 23 heavy (non-hydrogen) atoms. The Hall–Kier alpha value is -2.23. The zero-order valence-electron chi connectivity index (χ0n) is 11.0. The molecule has 2 aromatic carbocycles. The van der Waals surface area contributed by atoms with E-state index in [0.29, 0.717) is 0 Å². The minimum Gasteiger partial charge on any atom is -0.258 e. The molecule has 0 aliphatic carbocycles. The van der Waals surface area contributed by atoms with Crippen LogP contribution >= 0.6 is 23.2 Å². The van der Waals surface area contributed by atoms with Crippen molar-refractivity contribution in [2.24, 2.45) is 0 Å². The lowest BCUT2D eigenvalue weighted by Gasteiger charge is -2.07. The minimum atomic E-state index is -4.30. The van der Waals surface area contributed by atoms with E-state index in [2.05, 4.69) is 0 Å². The first kappa shape index (κ1) is 17.1. The van der Waals surface area contributed by atoms with E-state index in [9.17, 15) is 28.6 Å². The number of halogens is 2. The van der Waals surface area contributed by atoms with Crippen LogP contribution in [-0.4, -0.2) is 18.3 Å². The Labute approximate surface area is 139 Å². The summed E-state index contributed by atoms with van der Waals surface area (Å²) in [7, 11) is -4.30. The van der Waals surface area contributed by atoms with Crippen LogP contribution in [0.4, 0.5) is 11.4 Å². The zero-order chi connectivity index (χ0) is 17.4. The largest absolute Gasteiger partial charge is 0.289 e. The number of nitrogens with zero attached hydrogens (tertiary/aromatic N) is 2. The molecule has 0 heterocycles. The third-order valence-corrected chi connectivity index (χ3v) is 5.39. The molecule has 2 aromatic rings. The molecule has 0 fully saturated rings. The highest BCUT2D eigenvalue weighted by molar-refractivity contribution is 7.91. The summed E-state index contributed by atoms with van der Waals surface area (Å²) in [5.74, 6) is 0. The third kappa shape index (κ3) is 3.26. The van der Waals surface area contributed by atoms with Crippen LogP contribution in [0.1, 0.15) is 0 Å². The van der Waals surface area contributed by atoms with Gasteiger partial charge in [-0.2, -0.15) is 0 Å². The molecule has 2 rings (SSSR count). The van der Waals surface area contributed by atoms with E-state index < -0.39 is 40.8 Å². The summed E-state index contributed by atoms with van der Waals surface area (Å²) in [6.45, 7) is 0. The Morgan fingerprint density at radius 2 is 1.48 bits per heavy atom. The first-order chi connectivity index (χ1) is 10.6. The summed E-state index contributed by atoms with van der Waals surface area (Å²) in [6.07, 6.45) is 0. The number of hydrogen-bond acceptors (Lipinski definition) is 6. The van der Waals surface area contributed by atoms with Crippen molar-refractivity contribution in [3.05, 3.63) is 66.7 Å². The standard InChI is InChI=1S/C12H6Cl2N2O6S/c13-9-4-2-8(6-11(9)16(19)20)23(21,22)12-5-7(15(17)18)1-3-10(12)14/h1-6H. The zero-order valence-corrected chi connectivity index (χ0v) is 13.3. The fourth-order valence-corrected chi connectivity index (χ4v) is 3.72. The second-order valence-corrected chi connectivity index (χ2v) is 6.98. The van der Waals surface area contributed by atoms with Crippen molar-refractivity contribution >= 4 is 44.4 Å². The SMILES string of the molecule is O=[N+]([O-])c1ccc(Cl)c(S(=O)(=O)c2ccc(Cl)c([N+](=O)[O-])c2)c1. The summed E-state index contributed by atoms with van der Waals surface area (Å²) >= 11 is 11.4. The topological polar surface area (TPSA) is 120 Å². The predicted molar refractivity (Wildman–Crippen MR) is 81.7 cm³/mol. The number of nitro groups is 2. The van der Waals surface area contributed by atoms with Crippen LogP contribution in [0.15, 0.2) is 46.2 Å². The maximum atomic E-state index is 12.5. The number of rotatable bonds is 4. The van der Waals surface area contributed by atoms with Crippen molar-refractivity contribution in [2.45, 2.75) is 9.79 Å². The summed E-state index contributed by atoms with van der Waals surface area (Å²) in [5.41, 5.74) is -1.08. The smallest absolute Gasteiger partial charge is 0.258 e. The van der Waals surface area contributed by atoms with E-state index in [4.69, 9.17) is 23.2 Å². The molecular formula is C12H6Cl2N2O6S. The summed E-state index contributed by atoms with van der Waals surface area (Å²) < 4.78 is 25.1. The van der Waals surface area contributed by atoms with Crippen LogP contribution in [0, 0.1) is 20.2 Å². The van der Waals surface area contributed by atoms with E-state index in [1.807, 2.05) is 0 Å². The molecule has 0 radical (unpaired) electrons. The van der Waals surface area contributed by atoms with Gasteiger partial charge in [-0.1, -0.05) is 23.2 Å². The fraction of sp³-hybridized carbons (Fsp3) is 0. The number of hydrogen-bond donors (Lipinski definition) is 0. The molecule has 11 heteroatoms.